The average molecular weight is 553 g/mol. The fourth-order valence-corrected chi connectivity index (χ4v) is 3.97. The molecule has 0 unspecified atom stereocenters. The molecule has 0 fully saturated rings. The maximum Gasteiger partial charge on any atom is 1.00 e. The van der Waals surface area contributed by atoms with Gasteiger partial charge in [-0.05, 0) is 77.0 Å². The van der Waals surface area contributed by atoms with Gasteiger partial charge in [0.2, 0.25) is 0 Å². The number of rotatable bonds is 26. The van der Waals surface area contributed by atoms with Crippen LogP contribution in [0.4, 0.5) is 0 Å². The van der Waals surface area contributed by atoms with E-state index in [0.29, 0.717) is 0 Å². The van der Waals surface area contributed by atoms with Crippen molar-refractivity contribution in [1.82, 2.24) is 0 Å². The molecule has 0 aliphatic heterocycles. The van der Waals surface area contributed by atoms with E-state index in [0.717, 1.165) is 38.5 Å². The number of unbranched alkanes of at least 4 members (excludes halogenated alkanes) is 18. The van der Waals surface area contributed by atoms with Crippen LogP contribution in [-0.2, 0) is 9.59 Å². The normalized spacial score (nSPS) is 10.6. The van der Waals surface area contributed by atoms with Gasteiger partial charge >= 0.3 is 59.1 Å². The van der Waals surface area contributed by atoms with Gasteiger partial charge in [-0.2, -0.15) is 0 Å². The molecule has 0 aliphatic rings. The van der Waals surface area contributed by atoms with E-state index in [2.05, 4.69) is 38.2 Å². The molecule has 0 saturated heterocycles. The monoisotopic (exact) mass is 552 g/mol. The first-order valence-electron chi connectivity index (χ1n) is 15.2. The third-order valence-corrected chi connectivity index (χ3v) is 6.29. The smallest absolute Gasteiger partial charge is 0.550 e. The van der Waals surface area contributed by atoms with E-state index >= 15 is 0 Å². The second-order valence-electron chi connectivity index (χ2n) is 10.00. The fraction of sp³-hybridized carbons (Fsp3) is 0.812. The molecule has 0 amide bonds. The van der Waals surface area contributed by atoms with Crippen molar-refractivity contribution in [2.45, 2.75) is 168 Å². The predicted octanol–water partition coefficient (Wildman–Crippen LogP) is 2.00. The Morgan fingerprint density at radius 1 is 0.421 bits per heavy atom. The number of aliphatic carboxylic acids is 2. The molecule has 6 heteroatoms. The van der Waals surface area contributed by atoms with E-state index in [9.17, 15) is 19.8 Å². The second kappa shape index (κ2) is 41.9. The topological polar surface area (TPSA) is 80.3 Å². The molecule has 0 aromatic carbocycles. The standard InChI is InChI=1S/2C16H30O2.2Na/c2*1-2-3-4-5-6-7-8-9-10-11-12-13-14-15-16(17)18;;/h2*7-8H,2-6,9-15H2,1H3,(H,17,18);;/q;;2*+1/p-2/b2*8-7-;;. The SMILES string of the molecule is CCCCCC/C=C\CCCCCCCC(=O)[O-].CCCCCC/C=C\CCCCCCCC(=O)[O-].[Na+].[Na+]. The molecule has 38 heavy (non-hydrogen) atoms. The maximum absolute atomic E-state index is 10.2. The zero-order chi connectivity index (χ0) is 27.0. The molecular weight excluding hydrogens is 494 g/mol. The third-order valence-electron chi connectivity index (χ3n) is 6.29. The summed E-state index contributed by atoms with van der Waals surface area (Å²) in [6, 6.07) is 0. The van der Waals surface area contributed by atoms with Crippen molar-refractivity contribution >= 4 is 11.9 Å². The van der Waals surface area contributed by atoms with Gasteiger partial charge in [-0.15, -0.1) is 0 Å². The van der Waals surface area contributed by atoms with Crippen molar-refractivity contribution in [2.24, 2.45) is 0 Å². The molecule has 0 aromatic heterocycles. The van der Waals surface area contributed by atoms with Crippen molar-refractivity contribution in [1.29, 1.82) is 0 Å². The molecule has 0 heterocycles. The minimum Gasteiger partial charge on any atom is -0.550 e. The Morgan fingerprint density at radius 2 is 0.658 bits per heavy atom. The Bertz CT molecular complexity index is 476. The summed E-state index contributed by atoms with van der Waals surface area (Å²) in [5.41, 5.74) is 0. The van der Waals surface area contributed by atoms with Gasteiger partial charge in [0.05, 0.1) is 0 Å². The summed E-state index contributed by atoms with van der Waals surface area (Å²) >= 11 is 0. The Hall–Kier alpha value is 0.420. The largest absolute Gasteiger partial charge is 1.00 e. The molecule has 0 N–H and O–H groups in total. The van der Waals surface area contributed by atoms with Gasteiger partial charge in [-0.3, -0.25) is 0 Å². The van der Waals surface area contributed by atoms with Crippen LogP contribution in [0.1, 0.15) is 168 Å². The van der Waals surface area contributed by atoms with Gasteiger partial charge < -0.3 is 19.8 Å². The molecule has 0 rings (SSSR count). The number of carbonyl (C=O) groups excluding carboxylic acids is 2. The number of carbonyl (C=O) groups is 2. The molecular formula is C32H58Na2O4. The Labute approximate surface area is 280 Å². The minimum absolute atomic E-state index is 0. The molecule has 4 nitrogen and oxygen atoms in total. The van der Waals surface area contributed by atoms with Crippen molar-refractivity contribution in [3.05, 3.63) is 24.3 Å². The van der Waals surface area contributed by atoms with Gasteiger partial charge in [0.25, 0.3) is 0 Å². The summed E-state index contributed by atoms with van der Waals surface area (Å²) in [6.07, 6.45) is 36.0. The number of allylic oxidation sites excluding steroid dienone is 4. The molecule has 0 bridgehead atoms. The van der Waals surface area contributed by atoms with Crippen LogP contribution in [0.5, 0.6) is 0 Å². The first-order chi connectivity index (χ1) is 17.5. The molecule has 0 radical (unpaired) electrons. The van der Waals surface area contributed by atoms with Gasteiger partial charge in [0.15, 0.2) is 0 Å². The molecule has 0 aromatic rings. The zero-order valence-corrected chi connectivity index (χ0v) is 29.9. The molecule has 0 saturated carbocycles. The van der Waals surface area contributed by atoms with Crippen molar-refractivity contribution < 1.29 is 78.9 Å². The van der Waals surface area contributed by atoms with Gasteiger partial charge in [-0.1, -0.05) is 115 Å². The predicted molar refractivity (Wildman–Crippen MR) is 150 cm³/mol. The van der Waals surface area contributed by atoms with Crippen LogP contribution in [0.25, 0.3) is 0 Å². The average Bonchev–Trinajstić information content (AvgIpc) is 2.85. The Morgan fingerprint density at radius 3 is 0.921 bits per heavy atom. The van der Waals surface area contributed by atoms with Crippen LogP contribution < -0.4 is 69.3 Å². The summed E-state index contributed by atoms with van der Waals surface area (Å²) in [5, 5.41) is 20.4. The maximum atomic E-state index is 10.2. The number of hydrogen-bond donors (Lipinski definition) is 0. The minimum atomic E-state index is -0.916. The van der Waals surface area contributed by atoms with E-state index in [1.807, 2.05) is 0 Å². The van der Waals surface area contributed by atoms with Gasteiger partial charge in [0, 0.05) is 11.9 Å². The molecule has 0 atom stereocenters. The Balaban J connectivity index is -0.000000289. The summed E-state index contributed by atoms with van der Waals surface area (Å²) in [7, 11) is 0. The number of carboxylic acids is 2. The summed E-state index contributed by atoms with van der Waals surface area (Å²) in [4.78, 5) is 20.4. The first-order valence-corrected chi connectivity index (χ1v) is 15.2. The third kappa shape index (κ3) is 49.4. The van der Waals surface area contributed by atoms with Crippen LogP contribution in [0.15, 0.2) is 24.3 Å². The molecule has 212 valence electrons. The number of carboxylic acid groups (broad SMARTS) is 2. The zero-order valence-electron chi connectivity index (χ0n) is 25.9. The first kappa shape index (κ1) is 45.4. The van der Waals surface area contributed by atoms with E-state index in [1.165, 1.54) is 103 Å². The molecule has 0 spiro atoms. The van der Waals surface area contributed by atoms with Crippen molar-refractivity contribution in [3.63, 3.8) is 0 Å². The van der Waals surface area contributed by atoms with Crippen LogP contribution in [-0.4, -0.2) is 11.9 Å². The summed E-state index contributed by atoms with van der Waals surface area (Å²) in [6.45, 7) is 4.48. The Kier molecular flexibility index (Phi) is 50.1. The van der Waals surface area contributed by atoms with Crippen LogP contribution in [0.3, 0.4) is 0 Å². The second-order valence-corrected chi connectivity index (χ2v) is 10.00. The van der Waals surface area contributed by atoms with Crippen molar-refractivity contribution in [2.75, 3.05) is 0 Å². The summed E-state index contributed by atoms with van der Waals surface area (Å²) < 4.78 is 0. The van der Waals surface area contributed by atoms with Crippen LogP contribution >= 0.6 is 0 Å². The van der Waals surface area contributed by atoms with Crippen LogP contribution in [0.2, 0.25) is 0 Å². The number of hydrogen-bond acceptors (Lipinski definition) is 4. The van der Waals surface area contributed by atoms with E-state index < -0.39 is 11.9 Å². The summed E-state index contributed by atoms with van der Waals surface area (Å²) in [5.74, 6) is -1.83. The quantitative estimate of drug-likeness (QED) is 0.0934. The van der Waals surface area contributed by atoms with Gasteiger partial charge in [-0.25, -0.2) is 0 Å². The van der Waals surface area contributed by atoms with Crippen LogP contribution in [0, 0.1) is 0 Å². The fourth-order valence-electron chi connectivity index (χ4n) is 3.97. The molecule has 0 aliphatic carbocycles. The van der Waals surface area contributed by atoms with Crippen molar-refractivity contribution in [3.8, 4) is 0 Å². The van der Waals surface area contributed by atoms with E-state index in [-0.39, 0.29) is 72.0 Å². The van der Waals surface area contributed by atoms with E-state index in [4.69, 9.17) is 0 Å². The van der Waals surface area contributed by atoms with E-state index in [1.54, 1.807) is 0 Å². The van der Waals surface area contributed by atoms with Gasteiger partial charge in [0.1, 0.15) is 0 Å².